The maximum absolute atomic E-state index is 10.6. The number of phenolic OH excluding ortho intramolecular Hbond substituents is 1. The van der Waals surface area contributed by atoms with E-state index >= 15 is 0 Å². The number of nitrogens with zero attached hydrogens (tertiary/aromatic N) is 1. The van der Waals surface area contributed by atoms with Crippen LogP contribution in [0, 0.1) is 12.3 Å². The lowest BCUT2D eigenvalue weighted by Gasteiger charge is -2.61. The maximum Gasteiger partial charge on any atom is 0.119 e. The first-order valence-electron chi connectivity index (χ1n) is 9.44. The Bertz CT molecular complexity index is 795. The van der Waals surface area contributed by atoms with Crippen molar-refractivity contribution in [3.8, 4) is 5.75 Å². The maximum atomic E-state index is 10.6. The van der Waals surface area contributed by atoms with Gasteiger partial charge >= 0.3 is 0 Å². The Hall–Kier alpha value is -1.80. The molecule has 25 heavy (non-hydrogen) atoms. The molecule has 0 aromatic heterocycles. The molecule has 0 amide bonds. The fourth-order valence-corrected chi connectivity index (χ4v) is 5.43. The van der Waals surface area contributed by atoms with Crippen molar-refractivity contribution in [2.24, 2.45) is 5.41 Å². The largest absolute Gasteiger partial charge is 0.508 e. The van der Waals surface area contributed by atoms with Crippen LogP contribution in [0.1, 0.15) is 49.4 Å². The summed E-state index contributed by atoms with van der Waals surface area (Å²) in [5.41, 5.74) is 5.59. The molecule has 0 unspecified atom stereocenters. The number of hydrogen-bond donors (Lipinski definition) is 1. The molecule has 0 saturated carbocycles. The summed E-state index contributed by atoms with van der Waals surface area (Å²) < 4.78 is 0. The molecule has 2 nitrogen and oxygen atoms in total. The Labute approximate surface area is 151 Å². The number of aryl methyl sites for hydroxylation is 1. The Morgan fingerprint density at radius 3 is 2.52 bits per heavy atom. The number of benzene rings is 2. The average molecular weight is 335 g/mol. The molecule has 4 rings (SSSR count). The number of hydrogen-bond acceptors (Lipinski definition) is 2. The zero-order chi connectivity index (χ0) is 17.8. The monoisotopic (exact) mass is 335 g/mol. The minimum Gasteiger partial charge on any atom is -0.508 e. The molecule has 2 heteroatoms. The normalized spacial score (nSPS) is 27.8. The summed E-state index contributed by atoms with van der Waals surface area (Å²) in [6.07, 6.45) is 2.08. The number of fused-ring (bicyclic) bond motifs is 4. The predicted octanol–water partition coefficient (Wildman–Crippen LogP) is 4.82. The summed E-state index contributed by atoms with van der Waals surface area (Å²) in [6, 6.07) is 15.2. The summed E-state index contributed by atoms with van der Waals surface area (Å²) in [5.74, 6) is 0.480. The first-order chi connectivity index (χ1) is 11.8. The summed E-state index contributed by atoms with van der Waals surface area (Å²) in [4.78, 5) is 2.64. The van der Waals surface area contributed by atoms with Crippen molar-refractivity contribution in [2.75, 3.05) is 6.54 Å². The van der Waals surface area contributed by atoms with Crippen LogP contribution in [0.15, 0.2) is 42.5 Å². The second-order valence-electron chi connectivity index (χ2n) is 8.73. The van der Waals surface area contributed by atoms with Crippen molar-refractivity contribution in [3.05, 3.63) is 64.7 Å². The summed E-state index contributed by atoms with van der Waals surface area (Å²) in [6.45, 7) is 11.6. The van der Waals surface area contributed by atoms with Gasteiger partial charge in [-0.2, -0.15) is 0 Å². The highest BCUT2D eigenvalue weighted by Gasteiger charge is 2.56. The van der Waals surface area contributed by atoms with E-state index in [2.05, 4.69) is 69.0 Å². The SMILES string of the molecule is Cc1ccc(O)c2c1[C@]1(C)CCN(Cc3ccccc3)[C@H](C2)C1(C)C. The van der Waals surface area contributed by atoms with E-state index in [1.807, 2.05) is 6.07 Å². The van der Waals surface area contributed by atoms with Gasteiger partial charge in [-0.15, -0.1) is 0 Å². The molecule has 2 aromatic carbocycles. The fraction of sp³-hybridized carbons (Fsp3) is 0.478. The number of piperidine rings is 1. The molecule has 2 atom stereocenters. The third-order valence-corrected chi connectivity index (χ3v) is 7.27. The van der Waals surface area contributed by atoms with E-state index in [4.69, 9.17) is 0 Å². The minimum atomic E-state index is 0.112. The molecule has 2 bridgehead atoms. The number of rotatable bonds is 2. The topological polar surface area (TPSA) is 23.5 Å². The van der Waals surface area contributed by atoms with Crippen molar-refractivity contribution >= 4 is 0 Å². The van der Waals surface area contributed by atoms with E-state index in [1.54, 1.807) is 0 Å². The van der Waals surface area contributed by atoms with E-state index < -0.39 is 0 Å². The Morgan fingerprint density at radius 1 is 1.08 bits per heavy atom. The zero-order valence-corrected chi connectivity index (χ0v) is 15.8. The van der Waals surface area contributed by atoms with Crippen molar-refractivity contribution < 1.29 is 5.11 Å². The zero-order valence-electron chi connectivity index (χ0n) is 15.8. The van der Waals surface area contributed by atoms with Crippen LogP contribution >= 0.6 is 0 Å². The van der Waals surface area contributed by atoms with Gasteiger partial charge in [-0.3, -0.25) is 4.90 Å². The lowest BCUT2D eigenvalue weighted by Crippen LogP contribution is -2.63. The molecule has 2 aliphatic rings. The molecule has 0 radical (unpaired) electrons. The number of phenols is 1. The molecule has 132 valence electrons. The van der Waals surface area contributed by atoms with Crippen molar-refractivity contribution in [1.82, 2.24) is 4.90 Å². The molecule has 1 aliphatic heterocycles. The first-order valence-corrected chi connectivity index (χ1v) is 9.44. The third-order valence-electron chi connectivity index (χ3n) is 7.27. The standard InChI is InChI=1S/C23H29NO/c1-16-10-11-19(25)18-14-20-22(2,3)23(4,21(16)18)12-13-24(20)15-17-8-6-5-7-9-17/h5-11,20,25H,12-15H2,1-4H3/t20-,23+/m1/s1. The van der Waals surface area contributed by atoms with E-state index in [-0.39, 0.29) is 10.8 Å². The van der Waals surface area contributed by atoms with Gasteiger partial charge in [0.15, 0.2) is 0 Å². The third kappa shape index (κ3) is 2.34. The number of likely N-dealkylation sites (tertiary alicyclic amines) is 1. The lowest BCUT2D eigenvalue weighted by molar-refractivity contribution is -0.0429. The highest BCUT2D eigenvalue weighted by molar-refractivity contribution is 5.52. The van der Waals surface area contributed by atoms with Crippen LogP contribution in [0.25, 0.3) is 0 Å². The second-order valence-corrected chi connectivity index (χ2v) is 8.73. The summed E-state index contributed by atoms with van der Waals surface area (Å²) in [7, 11) is 0. The highest BCUT2D eigenvalue weighted by atomic mass is 16.3. The van der Waals surface area contributed by atoms with E-state index in [0.29, 0.717) is 11.8 Å². The molecular weight excluding hydrogens is 306 g/mol. The van der Waals surface area contributed by atoms with E-state index in [1.165, 1.54) is 22.3 Å². The molecular formula is C23H29NO. The minimum absolute atomic E-state index is 0.112. The quantitative estimate of drug-likeness (QED) is 0.851. The highest BCUT2D eigenvalue weighted by Crippen LogP contribution is 2.58. The molecule has 2 aromatic rings. The van der Waals surface area contributed by atoms with Crippen LogP contribution < -0.4 is 0 Å². The van der Waals surface area contributed by atoms with Gasteiger partial charge in [0, 0.05) is 18.0 Å². The van der Waals surface area contributed by atoms with E-state index in [0.717, 1.165) is 25.9 Å². The Morgan fingerprint density at radius 2 is 1.80 bits per heavy atom. The van der Waals surface area contributed by atoms with Crippen LogP contribution in [0.4, 0.5) is 0 Å². The molecule has 0 spiro atoms. The van der Waals surface area contributed by atoms with Gasteiger partial charge in [-0.1, -0.05) is 57.2 Å². The van der Waals surface area contributed by atoms with Crippen LogP contribution in [0.2, 0.25) is 0 Å². The number of aromatic hydroxyl groups is 1. The van der Waals surface area contributed by atoms with Gasteiger partial charge in [-0.05, 0) is 60.0 Å². The van der Waals surface area contributed by atoms with Gasteiger partial charge in [0.05, 0.1) is 0 Å². The second kappa shape index (κ2) is 5.60. The van der Waals surface area contributed by atoms with Crippen molar-refractivity contribution in [2.45, 2.75) is 58.5 Å². The molecule has 1 N–H and O–H groups in total. The smallest absolute Gasteiger partial charge is 0.119 e. The van der Waals surface area contributed by atoms with E-state index in [9.17, 15) is 5.11 Å². The van der Waals surface area contributed by atoms with Gasteiger partial charge in [0.25, 0.3) is 0 Å². The van der Waals surface area contributed by atoms with Crippen molar-refractivity contribution in [3.63, 3.8) is 0 Å². The van der Waals surface area contributed by atoms with Gasteiger partial charge in [0.2, 0.25) is 0 Å². The average Bonchev–Trinajstić information content (AvgIpc) is 2.57. The van der Waals surface area contributed by atoms with Gasteiger partial charge in [0.1, 0.15) is 5.75 Å². The lowest BCUT2D eigenvalue weighted by atomic mass is 9.50. The van der Waals surface area contributed by atoms with Crippen LogP contribution in [0.5, 0.6) is 5.75 Å². The predicted molar refractivity (Wildman–Crippen MR) is 103 cm³/mol. The summed E-state index contributed by atoms with van der Waals surface area (Å²) >= 11 is 0. The van der Waals surface area contributed by atoms with Crippen LogP contribution in [-0.2, 0) is 18.4 Å². The van der Waals surface area contributed by atoms with Crippen LogP contribution in [0.3, 0.4) is 0 Å². The van der Waals surface area contributed by atoms with Crippen molar-refractivity contribution in [1.29, 1.82) is 0 Å². The van der Waals surface area contributed by atoms with Crippen LogP contribution in [-0.4, -0.2) is 22.6 Å². The molecule has 1 heterocycles. The van der Waals surface area contributed by atoms with Gasteiger partial charge < -0.3 is 5.11 Å². The molecule has 1 aliphatic carbocycles. The Balaban J connectivity index is 1.78. The Kier molecular flexibility index (Phi) is 3.73. The molecule has 1 fully saturated rings. The molecule has 1 saturated heterocycles. The first kappa shape index (κ1) is 16.7. The summed E-state index contributed by atoms with van der Waals surface area (Å²) in [5, 5.41) is 10.6. The fourth-order valence-electron chi connectivity index (χ4n) is 5.43. The van der Waals surface area contributed by atoms with Gasteiger partial charge in [-0.25, -0.2) is 0 Å².